The number of benzene rings is 2. The van der Waals surface area contributed by atoms with Gasteiger partial charge in [0.2, 0.25) is 5.95 Å². The molecule has 154 valence electrons. The average Bonchev–Trinajstić information content (AvgIpc) is 3.31. The van der Waals surface area contributed by atoms with Crippen molar-refractivity contribution in [3.05, 3.63) is 95.8 Å². The monoisotopic (exact) mass is 421 g/mol. The molecular formula is C24H16FN7. The Morgan fingerprint density at radius 3 is 2.78 bits per heavy atom. The third kappa shape index (κ3) is 4.27. The van der Waals surface area contributed by atoms with Crippen molar-refractivity contribution >= 4 is 16.9 Å². The van der Waals surface area contributed by atoms with Crippen LogP contribution in [0.5, 0.6) is 0 Å². The van der Waals surface area contributed by atoms with Crippen molar-refractivity contribution in [2.24, 2.45) is 0 Å². The van der Waals surface area contributed by atoms with Crippen LogP contribution in [-0.2, 0) is 6.54 Å². The summed E-state index contributed by atoms with van der Waals surface area (Å²) in [6, 6.07) is 15.8. The quantitative estimate of drug-likeness (QED) is 0.427. The molecule has 0 atom stereocenters. The predicted octanol–water partition coefficient (Wildman–Crippen LogP) is 3.96. The van der Waals surface area contributed by atoms with Gasteiger partial charge >= 0.3 is 0 Å². The van der Waals surface area contributed by atoms with Crippen LogP contribution in [0.2, 0.25) is 0 Å². The van der Waals surface area contributed by atoms with Gasteiger partial charge in [0.05, 0.1) is 11.7 Å². The molecule has 5 aromatic rings. The van der Waals surface area contributed by atoms with Crippen molar-refractivity contribution < 1.29 is 4.39 Å². The molecule has 0 radical (unpaired) electrons. The number of aromatic nitrogens is 6. The second kappa shape index (κ2) is 8.62. The van der Waals surface area contributed by atoms with Gasteiger partial charge in [-0.15, -0.1) is 0 Å². The van der Waals surface area contributed by atoms with Gasteiger partial charge in [-0.3, -0.25) is 5.10 Å². The molecule has 0 saturated carbocycles. The first-order valence-corrected chi connectivity index (χ1v) is 9.83. The first-order chi connectivity index (χ1) is 15.7. The number of fused-ring (bicyclic) bond motifs is 1. The molecule has 0 spiro atoms. The molecule has 0 amide bonds. The lowest BCUT2D eigenvalue weighted by atomic mass is 10.1. The van der Waals surface area contributed by atoms with Crippen molar-refractivity contribution in [3.8, 4) is 23.4 Å². The molecular weight excluding hydrogens is 405 g/mol. The first-order valence-electron chi connectivity index (χ1n) is 9.83. The second-order valence-corrected chi connectivity index (χ2v) is 6.90. The third-order valence-electron chi connectivity index (χ3n) is 4.71. The maximum absolute atomic E-state index is 13.8. The molecule has 0 saturated heterocycles. The fourth-order valence-electron chi connectivity index (χ4n) is 3.09. The van der Waals surface area contributed by atoms with E-state index in [0.717, 1.165) is 16.5 Å². The number of aromatic amines is 1. The number of hydrogen-bond donors (Lipinski definition) is 2. The van der Waals surface area contributed by atoms with Gasteiger partial charge in [-0.2, -0.15) is 5.10 Å². The number of nitrogens with one attached hydrogen (secondary N) is 2. The van der Waals surface area contributed by atoms with E-state index in [9.17, 15) is 4.39 Å². The number of rotatable bonds is 4. The highest BCUT2D eigenvalue weighted by molar-refractivity contribution is 5.79. The molecule has 2 N–H and O–H groups in total. The molecule has 5 rings (SSSR count). The number of hydrogen-bond acceptors (Lipinski definition) is 6. The van der Waals surface area contributed by atoms with Crippen molar-refractivity contribution in [1.29, 1.82) is 0 Å². The molecule has 0 aliphatic heterocycles. The minimum absolute atomic E-state index is 0.267. The zero-order chi connectivity index (χ0) is 21.8. The molecule has 8 heteroatoms. The van der Waals surface area contributed by atoms with E-state index in [0.29, 0.717) is 28.7 Å². The summed E-state index contributed by atoms with van der Waals surface area (Å²) in [6.07, 6.45) is 5.00. The highest BCUT2D eigenvalue weighted by Crippen LogP contribution is 2.15. The Balaban J connectivity index is 1.35. The van der Waals surface area contributed by atoms with Crippen LogP contribution in [0.3, 0.4) is 0 Å². The summed E-state index contributed by atoms with van der Waals surface area (Å²) in [6.45, 7) is 0.267. The minimum Gasteiger partial charge on any atom is -0.350 e. The normalized spacial score (nSPS) is 10.5. The van der Waals surface area contributed by atoms with Crippen LogP contribution in [0.15, 0.2) is 73.2 Å². The molecule has 32 heavy (non-hydrogen) atoms. The average molecular weight is 421 g/mol. The van der Waals surface area contributed by atoms with E-state index in [1.807, 2.05) is 18.2 Å². The fourth-order valence-corrected chi connectivity index (χ4v) is 3.09. The van der Waals surface area contributed by atoms with Crippen molar-refractivity contribution in [2.75, 3.05) is 5.32 Å². The molecule has 0 unspecified atom stereocenters. The van der Waals surface area contributed by atoms with Crippen LogP contribution in [0.1, 0.15) is 16.8 Å². The first kappa shape index (κ1) is 19.3. The fraction of sp³-hybridized carbons (Fsp3) is 0.0417. The maximum atomic E-state index is 13.8. The van der Waals surface area contributed by atoms with Gasteiger partial charge in [-0.1, -0.05) is 24.1 Å². The largest absolute Gasteiger partial charge is 0.350 e. The SMILES string of the molecule is Fc1ccccc1CNc1nccc(-c2nccc(C#Cc3ccc4[nH]ncc4c3)n2)n1. The van der Waals surface area contributed by atoms with Crippen LogP contribution >= 0.6 is 0 Å². The molecule has 0 fully saturated rings. The highest BCUT2D eigenvalue weighted by Gasteiger charge is 2.07. The summed E-state index contributed by atoms with van der Waals surface area (Å²) in [7, 11) is 0. The van der Waals surface area contributed by atoms with Crippen molar-refractivity contribution in [3.63, 3.8) is 0 Å². The molecule has 3 heterocycles. The summed E-state index contributed by atoms with van der Waals surface area (Å²) in [5.74, 6) is 6.69. The smallest absolute Gasteiger partial charge is 0.223 e. The predicted molar refractivity (Wildman–Crippen MR) is 119 cm³/mol. The lowest BCUT2D eigenvalue weighted by Crippen LogP contribution is -2.06. The van der Waals surface area contributed by atoms with Gasteiger partial charge in [-0.25, -0.2) is 24.3 Å². The summed E-state index contributed by atoms with van der Waals surface area (Å²) in [5, 5.41) is 11.0. The van der Waals surface area contributed by atoms with E-state index in [-0.39, 0.29) is 12.4 Å². The Labute approximate surface area is 182 Å². The van der Waals surface area contributed by atoms with Gasteiger partial charge in [0.1, 0.15) is 17.2 Å². The van der Waals surface area contributed by atoms with E-state index >= 15 is 0 Å². The Kier molecular flexibility index (Phi) is 5.20. The van der Waals surface area contributed by atoms with Crippen molar-refractivity contribution in [1.82, 2.24) is 30.1 Å². The molecule has 7 nitrogen and oxygen atoms in total. The van der Waals surface area contributed by atoms with Gasteiger partial charge in [0.25, 0.3) is 0 Å². The van der Waals surface area contributed by atoms with Gasteiger partial charge in [-0.05, 0) is 42.3 Å². The van der Waals surface area contributed by atoms with Crippen LogP contribution in [0.25, 0.3) is 22.4 Å². The van der Waals surface area contributed by atoms with E-state index < -0.39 is 0 Å². The van der Waals surface area contributed by atoms with Gasteiger partial charge < -0.3 is 5.32 Å². The zero-order valence-electron chi connectivity index (χ0n) is 16.7. The Morgan fingerprint density at radius 2 is 1.84 bits per heavy atom. The lowest BCUT2D eigenvalue weighted by molar-refractivity contribution is 0.612. The number of halogens is 1. The van der Waals surface area contributed by atoms with Gasteiger partial charge in [0, 0.05) is 35.5 Å². The Bertz CT molecular complexity index is 1470. The molecule has 0 bridgehead atoms. The third-order valence-corrected chi connectivity index (χ3v) is 4.71. The highest BCUT2D eigenvalue weighted by atomic mass is 19.1. The van der Waals surface area contributed by atoms with Crippen LogP contribution in [-0.4, -0.2) is 30.1 Å². The minimum atomic E-state index is -0.280. The van der Waals surface area contributed by atoms with E-state index in [1.54, 1.807) is 48.9 Å². The van der Waals surface area contributed by atoms with Crippen LogP contribution < -0.4 is 5.32 Å². The van der Waals surface area contributed by atoms with Crippen LogP contribution in [0.4, 0.5) is 10.3 Å². The number of anilines is 1. The van der Waals surface area contributed by atoms with E-state index in [1.165, 1.54) is 6.07 Å². The molecule has 3 aromatic heterocycles. The summed E-state index contributed by atoms with van der Waals surface area (Å²) in [4.78, 5) is 17.4. The Hall–Kier alpha value is -4.64. The standard InChI is InChI=1S/C24H16FN7/c25-20-4-2-1-3-17(20)14-28-24-27-12-10-22(31-24)23-26-11-9-19(30-23)7-5-16-6-8-21-18(13-16)15-29-32-21/h1-4,6,8-13,15H,14H2,(H,29,32)(H,27,28,31). The zero-order valence-corrected chi connectivity index (χ0v) is 16.7. The maximum Gasteiger partial charge on any atom is 0.223 e. The molecule has 2 aromatic carbocycles. The van der Waals surface area contributed by atoms with Gasteiger partial charge in [0.15, 0.2) is 5.82 Å². The summed E-state index contributed by atoms with van der Waals surface area (Å²) < 4.78 is 13.8. The molecule has 0 aliphatic rings. The number of H-pyrrole nitrogens is 1. The molecule has 0 aliphatic carbocycles. The van der Waals surface area contributed by atoms with Crippen molar-refractivity contribution in [2.45, 2.75) is 6.54 Å². The van der Waals surface area contributed by atoms with E-state index in [2.05, 4.69) is 47.3 Å². The topological polar surface area (TPSA) is 92.3 Å². The second-order valence-electron chi connectivity index (χ2n) is 6.90. The summed E-state index contributed by atoms with van der Waals surface area (Å²) in [5.41, 5.74) is 3.47. The summed E-state index contributed by atoms with van der Waals surface area (Å²) >= 11 is 0. The van der Waals surface area contributed by atoms with E-state index in [4.69, 9.17) is 0 Å². The lowest BCUT2D eigenvalue weighted by Gasteiger charge is -2.07. The number of nitrogens with zero attached hydrogens (tertiary/aromatic N) is 5. The van der Waals surface area contributed by atoms with Crippen LogP contribution in [0, 0.1) is 17.7 Å². The Morgan fingerprint density at radius 1 is 0.938 bits per heavy atom.